The Morgan fingerprint density at radius 3 is 3.00 bits per heavy atom. The van der Waals surface area contributed by atoms with Gasteiger partial charge < -0.3 is 14.7 Å². The average Bonchev–Trinajstić information content (AvgIpc) is 2.89. The number of aliphatic hydroxyl groups is 1. The van der Waals surface area contributed by atoms with Crippen molar-refractivity contribution >= 4 is 0 Å². The van der Waals surface area contributed by atoms with Gasteiger partial charge in [0.1, 0.15) is 0 Å². The van der Waals surface area contributed by atoms with E-state index in [1.54, 1.807) is 0 Å². The summed E-state index contributed by atoms with van der Waals surface area (Å²) >= 11 is 0. The van der Waals surface area contributed by atoms with E-state index < -0.39 is 0 Å². The summed E-state index contributed by atoms with van der Waals surface area (Å²) in [6.45, 7) is 7.07. The van der Waals surface area contributed by atoms with Gasteiger partial charge in [-0.2, -0.15) is 0 Å². The smallest absolute Gasteiger partial charge is 0.0718 e. The van der Waals surface area contributed by atoms with Gasteiger partial charge in [0, 0.05) is 25.6 Å². The molecule has 0 aromatic rings. The SMILES string of the molecule is CCCC1CCN(CC(O)C2CCOC2)C1. The number of β-amino-alcohol motifs (C(OH)–C–C–N with tert-alkyl or cyclic N) is 1. The van der Waals surface area contributed by atoms with Crippen LogP contribution in [0, 0.1) is 11.8 Å². The number of rotatable bonds is 5. The van der Waals surface area contributed by atoms with Crippen molar-refractivity contribution in [3.8, 4) is 0 Å². The summed E-state index contributed by atoms with van der Waals surface area (Å²) in [7, 11) is 0. The van der Waals surface area contributed by atoms with Gasteiger partial charge >= 0.3 is 0 Å². The molecule has 3 nitrogen and oxygen atoms in total. The van der Waals surface area contributed by atoms with E-state index in [1.165, 1.54) is 32.4 Å². The summed E-state index contributed by atoms with van der Waals surface area (Å²) in [4.78, 5) is 2.43. The fourth-order valence-electron chi connectivity index (χ4n) is 2.99. The number of aliphatic hydroxyl groups excluding tert-OH is 1. The molecule has 2 fully saturated rings. The maximum absolute atomic E-state index is 10.1. The minimum absolute atomic E-state index is 0.178. The first-order valence-electron chi connectivity index (χ1n) is 6.77. The van der Waals surface area contributed by atoms with Crippen LogP contribution in [0.3, 0.4) is 0 Å². The molecule has 0 aromatic carbocycles. The number of ether oxygens (including phenoxy) is 1. The number of hydrogen-bond donors (Lipinski definition) is 1. The van der Waals surface area contributed by atoms with Crippen molar-refractivity contribution in [2.75, 3.05) is 32.8 Å². The molecular weight excluding hydrogens is 202 g/mol. The molecule has 2 aliphatic heterocycles. The number of likely N-dealkylation sites (tertiary alicyclic amines) is 1. The van der Waals surface area contributed by atoms with Crippen LogP contribution in [0.15, 0.2) is 0 Å². The molecule has 3 atom stereocenters. The minimum atomic E-state index is -0.178. The molecule has 2 aliphatic rings. The average molecular weight is 227 g/mol. The van der Waals surface area contributed by atoms with E-state index in [1.807, 2.05) is 0 Å². The first-order chi connectivity index (χ1) is 7.79. The summed E-state index contributed by atoms with van der Waals surface area (Å²) in [6, 6.07) is 0. The lowest BCUT2D eigenvalue weighted by molar-refractivity contribution is 0.0617. The van der Waals surface area contributed by atoms with Gasteiger partial charge in [-0.3, -0.25) is 0 Å². The van der Waals surface area contributed by atoms with Crippen LogP contribution in [-0.2, 0) is 4.74 Å². The van der Waals surface area contributed by atoms with E-state index in [2.05, 4.69) is 11.8 Å². The van der Waals surface area contributed by atoms with Crippen molar-refractivity contribution in [1.29, 1.82) is 0 Å². The van der Waals surface area contributed by atoms with Crippen LogP contribution in [0.5, 0.6) is 0 Å². The molecular formula is C13H25NO2. The van der Waals surface area contributed by atoms with Crippen molar-refractivity contribution < 1.29 is 9.84 Å². The van der Waals surface area contributed by atoms with E-state index >= 15 is 0 Å². The Hall–Kier alpha value is -0.120. The zero-order chi connectivity index (χ0) is 11.4. The van der Waals surface area contributed by atoms with Crippen molar-refractivity contribution in [2.45, 2.75) is 38.7 Å². The molecule has 2 rings (SSSR count). The van der Waals surface area contributed by atoms with Crippen molar-refractivity contribution in [3.05, 3.63) is 0 Å². The highest BCUT2D eigenvalue weighted by Gasteiger charge is 2.28. The summed E-state index contributed by atoms with van der Waals surface area (Å²) < 4.78 is 5.32. The fraction of sp³-hybridized carbons (Fsp3) is 1.00. The van der Waals surface area contributed by atoms with Gasteiger partial charge in [-0.25, -0.2) is 0 Å². The van der Waals surface area contributed by atoms with Gasteiger partial charge in [-0.15, -0.1) is 0 Å². The molecule has 0 aromatic heterocycles. The van der Waals surface area contributed by atoms with Gasteiger partial charge in [0.15, 0.2) is 0 Å². The van der Waals surface area contributed by atoms with Crippen molar-refractivity contribution in [3.63, 3.8) is 0 Å². The first kappa shape index (κ1) is 12.3. The second kappa shape index (κ2) is 5.99. The van der Waals surface area contributed by atoms with Crippen LogP contribution >= 0.6 is 0 Å². The van der Waals surface area contributed by atoms with Crippen LogP contribution in [-0.4, -0.2) is 49.0 Å². The van der Waals surface area contributed by atoms with Crippen molar-refractivity contribution in [2.24, 2.45) is 11.8 Å². The third-order valence-electron chi connectivity index (χ3n) is 4.02. The predicted molar refractivity (Wildman–Crippen MR) is 64.4 cm³/mol. The first-order valence-corrected chi connectivity index (χ1v) is 6.77. The zero-order valence-electron chi connectivity index (χ0n) is 10.4. The summed E-state index contributed by atoms with van der Waals surface area (Å²) in [5.41, 5.74) is 0. The molecule has 2 heterocycles. The Kier molecular flexibility index (Phi) is 4.62. The molecule has 0 bridgehead atoms. The lowest BCUT2D eigenvalue weighted by atomic mass is 10.0. The highest BCUT2D eigenvalue weighted by Crippen LogP contribution is 2.23. The van der Waals surface area contributed by atoms with Crippen LogP contribution in [0.2, 0.25) is 0 Å². The molecule has 2 saturated heterocycles. The molecule has 0 spiro atoms. The van der Waals surface area contributed by atoms with E-state index in [0.717, 1.165) is 32.1 Å². The predicted octanol–water partition coefficient (Wildman–Crippen LogP) is 1.51. The number of hydrogen-bond acceptors (Lipinski definition) is 3. The highest BCUT2D eigenvalue weighted by atomic mass is 16.5. The minimum Gasteiger partial charge on any atom is -0.391 e. The molecule has 0 aliphatic carbocycles. The Labute approximate surface area is 98.8 Å². The van der Waals surface area contributed by atoms with Crippen LogP contribution in [0.4, 0.5) is 0 Å². The third-order valence-corrected chi connectivity index (χ3v) is 4.02. The Morgan fingerprint density at radius 1 is 1.44 bits per heavy atom. The standard InChI is InChI=1S/C13H25NO2/c1-2-3-11-4-6-14(8-11)9-13(15)12-5-7-16-10-12/h11-13,15H,2-10H2,1H3. The topological polar surface area (TPSA) is 32.7 Å². The summed E-state index contributed by atoms with van der Waals surface area (Å²) in [6.07, 6.45) is 4.81. The van der Waals surface area contributed by atoms with Gasteiger partial charge in [-0.05, 0) is 31.7 Å². The monoisotopic (exact) mass is 227 g/mol. The maximum Gasteiger partial charge on any atom is 0.0718 e. The Bertz CT molecular complexity index is 204. The summed E-state index contributed by atoms with van der Waals surface area (Å²) in [5, 5.41) is 10.1. The van der Waals surface area contributed by atoms with Crippen LogP contribution < -0.4 is 0 Å². The second-order valence-corrected chi connectivity index (χ2v) is 5.39. The Balaban J connectivity index is 1.69. The molecule has 0 amide bonds. The van der Waals surface area contributed by atoms with Gasteiger partial charge in [0.2, 0.25) is 0 Å². The second-order valence-electron chi connectivity index (χ2n) is 5.39. The van der Waals surface area contributed by atoms with Crippen LogP contribution in [0.1, 0.15) is 32.6 Å². The molecule has 94 valence electrons. The van der Waals surface area contributed by atoms with E-state index in [-0.39, 0.29) is 6.10 Å². The lowest BCUT2D eigenvalue weighted by Crippen LogP contribution is -2.35. The van der Waals surface area contributed by atoms with Gasteiger partial charge in [0.25, 0.3) is 0 Å². The molecule has 1 N–H and O–H groups in total. The number of nitrogens with zero attached hydrogens (tertiary/aromatic N) is 1. The molecule has 0 radical (unpaired) electrons. The van der Waals surface area contributed by atoms with E-state index in [0.29, 0.717) is 5.92 Å². The largest absolute Gasteiger partial charge is 0.391 e. The van der Waals surface area contributed by atoms with Gasteiger partial charge in [-0.1, -0.05) is 13.3 Å². The van der Waals surface area contributed by atoms with E-state index in [9.17, 15) is 5.11 Å². The Morgan fingerprint density at radius 2 is 2.31 bits per heavy atom. The van der Waals surface area contributed by atoms with Crippen molar-refractivity contribution in [1.82, 2.24) is 4.90 Å². The zero-order valence-corrected chi connectivity index (χ0v) is 10.4. The summed E-state index contributed by atoms with van der Waals surface area (Å²) in [5.74, 6) is 1.25. The maximum atomic E-state index is 10.1. The fourth-order valence-corrected chi connectivity index (χ4v) is 2.99. The van der Waals surface area contributed by atoms with Crippen LogP contribution in [0.25, 0.3) is 0 Å². The molecule has 3 unspecified atom stereocenters. The molecule has 16 heavy (non-hydrogen) atoms. The highest BCUT2D eigenvalue weighted by molar-refractivity contribution is 4.81. The normalized spacial score (nSPS) is 33.4. The van der Waals surface area contributed by atoms with Gasteiger partial charge in [0.05, 0.1) is 12.7 Å². The lowest BCUT2D eigenvalue weighted by Gasteiger charge is -2.23. The third kappa shape index (κ3) is 3.19. The quantitative estimate of drug-likeness (QED) is 0.772. The molecule has 0 saturated carbocycles. The van der Waals surface area contributed by atoms with E-state index in [4.69, 9.17) is 4.74 Å². The molecule has 3 heteroatoms.